The predicted molar refractivity (Wildman–Crippen MR) is 87.9 cm³/mol. The SMILES string of the molecule is O=S(=O)(c1ccccc1Cl)N1CCc2nc3ccccn3c2C1. The van der Waals surface area contributed by atoms with Crippen LogP contribution >= 0.6 is 11.6 Å². The van der Waals surface area contributed by atoms with Crippen molar-refractivity contribution in [1.82, 2.24) is 13.7 Å². The minimum Gasteiger partial charge on any atom is -0.302 e. The summed E-state index contributed by atoms with van der Waals surface area (Å²) in [6.45, 7) is 0.707. The molecule has 0 atom stereocenters. The molecular weight excluding hydrogens is 334 g/mol. The molecule has 1 aliphatic heterocycles. The Bertz CT molecular complexity index is 997. The molecule has 0 saturated carbocycles. The molecule has 0 bridgehead atoms. The van der Waals surface area contributed by atoms with Crippen molar-refractivity contribution in [3.8, 4) is 0 Å². The van der Waals surface area contributed by atoms with Gasteiger partial charge in [-0.05, 0) is 24.3 Å². The Morgan fingerprint density at radius 3 is 2.70 bits per heavy atom. The number of hydrogen-bond acceptors (Lipinski definition) is 3. The van der Waals surface area contributed by atoms with Crippen LogP contribution in [-0.2, 0) is 23.0 Å². The lowest BCUT2D eigenvalue weighted by Crippen LogP contribution is -2.36. The number of fused-ring (bicyclic) bond motifs is 3. The molecule has 7 heteroatoms. The topological polar surface area (TPSA) is 54.7 Å². The first-order valence-electron chi connectivity index (χ1n) is 7.27. The van der Waals surface area contributed by atoms with E-state index in [1.807, 2.05) is 28.8 Å². The maximum atomic E-state index is 12.9. The van der Waals surface area contributed by atoms with Crippen molar-refractivity contribution < 1.29 is 8.42 Å². The maximum absolute atomic E-state index is 12.9. The largest absolute Gasteiger partial charge is 0.302 e. The van der Waals surface area contributed by atoms with E-state index in [1.54, 1.807) is 24.3 Å². The van der Waals surface area contributed by atoms with E-state index in [0.717, 1.165) is 17.0 Å². The molecule has 0 spiro atoms. The van der Waals surface area contributed by atoms with Gasteiger partial charge in [-0.1, -0.05) is 29.8 Å². The minimum atomic E-state index is -3.62. The van der Waals surface area contributed by atoms with Gasteiger partial charge in [0.25, 0.3) is 0 Å². The highest BCUT2D eigenvalue weighted by Crippen LogP contribution is 2.29. The second-order valence-electron chi connectivity index (χ2n) is 5.45. The molecule has 1 aliphatic rings. The molecule has 0 fully saturated rings. The summed E-state index contributed by atoms with van der Waals surface area (Å²) in [5, 5.41) is 0.247. The molecule has 5 nitrogen and oxygen atoms in total. The van der Waals surface area contributed by atoms with Crippen LogP contribution < -0.4 is 0 Å². The zero-order chi connectivity index (χ0) is 16.0. The van der Waals surface area contributed by atoms with Gasteiger partial charge in [0.1, 0.15) is 10.5 Å². The van der Waals surface area contributed by atoms with Crippen molar-refractivity contribution in [1.29, 1.82) is 0 Å². The Balaban J connectivity index is 1.77. The second-order valence-corrected chi connectivity index (χ2v) is 7.77. The molecule has 3 aromatic rings. The Kier molecular flexibility index (Phi) is 3.41. The van der Waals surface area contributed by atoms with Crippen molar-refractivity contribution in [2.45, 2.75) is 17.9 Å². The van der Waals surface area contributed by atoms with Gasteiger partial charge < -0.3 is 4.40 Å². The Morgan fingerprint density at radius 1 is 1.09 bits per heavy atom. The van der Waals surface area contributed by atoms with Crippen LogP contribution in [0.2, 0.25) is 5.02 Å². The average Bonchev–Trinajstić information content (AvgIpc) is 2.93. The third kappa shape index (κ3) is 2.34. The lowest BCUT2D eigenvalue weighted by Gasteiger charge is -2.26. The van der Waals surface area contributed by atoms with E-state index in [-0.39, 0.29) is 9.92 Å². The Hall–Kier alpha value is -1.89. The molecular formula is C16H14ClN3O2S. The number of imidazole rings is 1. The summed E-state index contributed by atoms with van der Waals surface area (Å²) in [6, 6.07) is 12.3. The average molecular weight is 348 g/mol. The van der Waals surface area contributed by atoms with E-state index < -0.39 is 10.0 Å². The number of aromatic nitrogens is 2. The van der Waals surface area contributed by atoms with Crippen LogP contribution in [0.4, 0.5) is 0 Å². The smallest absolute Gasteiger partial charge is 0.244 e. The number of pyridine rings is 1. The van der Waals surface area contributed by atoms with E-state index in [1.165, 1.54) is 4.31 Å². The lowest BCUT2D eigenvalue weighted by molar-refractivity contribution is 0.383. The predicted octanol–water partition coefficient (Wildman–Crippen LogP) is 2.73. The van der Waals surface area contributed by atoms with Crippen molar-refractivity contribution in [2.24, 2.45) is 0 Å². The fourth-order valence-electron chi connectivity index (χ4n) is 2.94. The van der Waals surface area contributed by atoms with Gasteiger partial charge >= 0.3 is 0 Å². The van der Waals surface area contributed by atoms with Crippen molar-refractivity contribution in [3.63, 3.8) is 0 Å². The van der Waals surface area contributed by atoms with Crippen LogP contribution in [0.1, 0.15) is 11.4 Å². The normalized spacial score (nSPS) is 15.7. The van der Waals surface area contributed by atoms with Crippen LogP contribution in [0, 0.1) is 0 Å². The van der Waals surface area contributed by atoms with Crippen LogP contribution in [0.3, 0.4) is 0 Å². The molecule has 3 heterocycles. The fraction of sp³-hybridized carbons (Fsp3) is 0.188. The van der Waals surface area contributed by atoms with E-state index in [2.05, 4.69) is 4.98 Å². The quantitative estimate of drug-likeness (QED) is 0.716. The Morgan fingerprint density at radius 2 is 1.87 bits per heavy atom. The maximum Gasteiger partial charge on any atom is 0.244 e. The zero-order valence-electron chi connectivity index (χ0n) is 12.2. The van der Waals surface area contributed by atoms with E-state index in [9.17, 15) is 8.42 Å². The number of nitrogens with zero attached hydrogens (tertiary/aromatic N) is 3. The highest BCUT2D eigenvalue weighted by atomic mass is 35.5. The van der Waals surface area contributed by atoms with Crippen molar-refractivity contribution in [2.75, 3.05) is 6.54 Å². The third-order valence-electron chi connectivity index (χ3n) is 4.09. The minimum absolute atomic E-state index is 0.152. The first-order valence-corrected chi connectivity index (χ1v) is 9.09. The fourth-order valence-corrected chi connectivity index (χ4v) is 4.83. The highest BCUT2D eigenvalue weighted by molar-refractivity contribution is 7.89. The molecule has 0 N–H and O–H groups in total. The van der Waals surface area contributed by atoms with Crippen molar-refractivity contribution in [3.05, 3.63) is 65.1 Å². The summed E-state index contributed by atoms with van der Waals surface area (Å²) < 4.78 is 29.2. The molecule has 118 valence electrons. The number of sulfonamides is 1. The van der Waals surface area contributed by atoms with Gasteiger partial charge in [-0.15, -0.1) is 0 Å². The van der Waals surface area contributed by atoms with Gasteiger partial charge in [0, 0.05) is 19.2 Å². The molecule has 0 radical (unpaired) electrons. The summed E-state index contributed by atoms with van der Waals surface area (Å²) in [5.74, 6) is 0. The van der Waals surface area contributed by atoms with Gasteiger partial charge in [0.05, 0.1) is 23.0 Å². The number of halogens is 1. The van der Waals surface area contributed by atoms with Gasteiger partial charge in [0.2, 0.25) is 10.0 Å². The summed E-state index contributed by atoms with van der Waals surface area (Å²) >= 11 is 6.08. The van der Waals surface area contributed by atoms with Crippen LogP contribution in [0.15, 0.2) is 53.6 Å². The summed E-state index contributed by atoms with van der Waals surface area (Å²) in [5.41, 5.74) is 2.72. The first kappa shape index (κ1) is 14.7. The number of benzene rings is 1. The molecule has 0 amide bonds. The zero-order valence-corrected chi connectivity index (χ0v) is 13.8. The first-order chi connectivity index (χ1) is 11.1. The summed E-state index contributed by atoms with van der Waals surface area (Å²) in [7, 11) is -3.62. The van der Waals surface area contributed by atoms with Crippen LogP contribution in [0.25, 0.3) is 5.65 Å². The number of rotatable bonds is 2. The molecule has 2 aromatic heterocycles. The monoisotopic (exact) mass is 347 g/mol. The van der Waals surface area contributed by atoms with Gasteiger partial charge in [-0.25, -0.2) is 13.4 Å². The molecule has 4 rings (SSSR count). The molecule has 0 aliphatic carbocycles. The van der Waals surface area contributed by atoms with E-state index >= 15 is 0 Å². The second kappa shape index (κ2) is 5.33. The number of hydrogen-bond donors (Lipinski definition) is 0. The van der Waals surface area contributed by atoms with E-state index in [0.29, 0.717) is 19.5 Å². The van der Waals surface area contributed by atoms with Crippen LogP contribution in [0.5, 0.6) is 0 Å². The lowest BCUT2D eigenvalue weighted by atomic mass is 10.2. The molecule has 1 aromatic carbocycles. The molecule has 0 unspecified atom stereocenters. The third-order valence-corrected chi connectivity index (χ3v) is 6.44. The van der Waals surface area contributed by atoms with Gasteiger partial charge in [-0.2, -0.15) is 4.31 Å². The highest BCUT2D eigenvalue weighted by Gasteiger charge is 2.31. The Labute approximate surface area is 139 Å². The van der Waals surface area contributed by atoms with E-state index in [4.69, 9.17) is 11.6 Å². The summed E-state index contributed by atoms with van der Waals surface area (Å²) in [6.07, 6.45) is 2.51. The van der Waals surface area contributed by atoms with Gasteiger partial charge in [-0.3, -0.25) is 0 Å². The van der Waals surface area contributed by atoms with Gasteiger partial charge in [0.15, 0.2) is 0 Å². The standard InChI is InChI=1S/C16H14ClN3O2S/c17-12-5-1-2-6-15(12)23(21,22)19-10-8-13-14(11-19)20-9-4-3-7-16(20)18-13/h1-7,9H,8,10-11H2. The summed E-state index contributed by atoms with van der Waals surface area (Å²) in [4.78, 5) is 4.73. The molecule has 23 heavy (non-hydrogen) atoms. The van der Waals surface area contributed by atoms with Crippen molar-refractivity contribution >= 4 is 27.3 Å². The molecule has 0 saturated heterocycles. The van der Waals surface area contributed by atoms with Crippen LogP contribution in [-0.4, -0.2) is 28.7 Å².